The van der Waals surface area contributed by atoms with Crippen LogP contribution in [0.3, 0.4) is 0 Å². The lowest BCUT2D eigenvalue weighted by molar-refractivity contribution is -0.0294. The number of methoxy groups -OCH3 is 1. The van der Waals surface area contributed by atoms with Crippen molar-refractivity contribution in [2.24, 2.45) is 5.92 Å². The van der Waals surface area contributed by atoms with Gasteiger partial charge in [0.1, 0.15) is 0 Å². The molecular weight excluding hydrogens is 226 g/mol. The van der Waals surface area contributed by atoms with E-state index in [-0.39, 0.29) is 0 Å². The summed E-state index contributed by atoms with van der Waals surface area (Å²) in [7, 11) is 1.78. The molecule has 1 N–H and O–H groups in total. The minimum atomic E-state index is 0.547. The van der Waals surface area contributed by atoms with E-state index in [9.17, 15) is 0 Å². The van der Waals surface area contributed by atoms with Crippen molar-refractivity contribution < 1.29 is 9.47 Å². The van der Waals surface area contributed by atoms with Gasteiger partial charge in [-0.3, -0.25) is 0 Å². The summed E-state index contributed by atoms with van der Waals surface area (Å²) in [4.78, 5) is 0. The fraction of sp³-hybridized carbons (Fsp3) is 1.00. The fourth-order valence-corrected chi connectivity index (χ4v) is 2.77. The van der Waals surface area contributed by atoms with E-state index in [0.717, 1.165) is 25.7 Å². The molecule has 18 heavy (non-hydrogen) atoms. The minimum absolute atomic E-state index is 0.547. The summed E-state index contributed by atoms with van der Waals surface area (Å²) in [6.07, 6.45) is 8.01. The molecule has 0 saturated heterocycles. The maximum atomic E-state index is 5.63. The quantitative estimate of drug-likeness (QED) is 0.577. The van der Waals surface area contributed by atoms with E-state index < -0.39 is 0 Å². The maximum absolute atomic E-state index is 5.63. The van der Waals surface area contributed by atoms with E-state index in [1.165, 1.54) is 38.5 Å². The smallest absolute Gasteiger partial charge is 0.0580 e. The molecule has 1 rings (SSSR count). The van der Waals surface area contributed by atoms with Gasteiger partial charge in [0, 0.05) is 26.4 Å². The van der Waals surface area contributed by atoms with Crippen molar-refractivity contribution in [3.63, 3.8) is 0 Å². The van der Waals surface area contributed by atoms with Crippen molar-refractivity contribution in [3.8, 4) is 0 Å². The Morgan fingerprint density at radius 1 is 1.28 bits per heavy atom. The van der Waals surface area contributed by atoms with Crippen LogP contribution in [0.1, 0.15) is 52.4 Å². The second-order valence-electron chi connectivity index (χ2n) is 5.44. The number of rotatable bonds is 11. The number of hydrogen-bond acceptors (Lipinski definition) is 3. The summed E-state index contributed by atoms with van der Waals surface area (Å²) in [5, 5.41) is 3.68. The summed E-state index contributed by atoms with van der Waals surface area (Å²) >= 11 is 0. The van der Waals surface area contributed by atoms with Crippen LogP contribution in [0.15, 0.2) is 0 Å². The first kappa shape index (κ1) is 15.9. The van der Waals surface area contributed by atoms with Crippen LogP contribution >= 0.6 is 0 Å². The zero-order chi connectivity index (χ0) is 13.2. The average molecular weight is 257 g/mol. The Balaban J connectivity index is 2.15. The average Bonchev–Trinajstić information content (AvgIpc) is 2.33. The molecule has 1 aliphatic carbocycles. The van der Waals surface area contributed by atoms with Crippen LogP contribution in [0.4, 0.5) is 0 Å². The zero-order valence-corrected chi connectivity index (χ0v) is 12.4. The van der Waals surface area contributed by atoms with Crippen molar-refractivity contribution in [2.45, 2.75) is 64.5 Å². The number of ether oxygens (including phenoxy) is 2. The standard InChI is InChI=1S/C15H31NO2/c1-4-8-16-14(7-6-9-17-3)10-13-11-15(12-13)18-5-2/h13-16H,4-12H2,1-3H3. The molecule has 0 bridgehead atoms. The van der Waals surface area contributed by atoms with Crippen LogP contribution < -0.4 is 5.32 Å². The van der Waals surface area contributed by atoms with Gasteiger partial charge < -0.3 is 14.8 Å². The van der Waals surface area contributed by atoms with E-state index in [2.05, 4.69) is 19.2 Å². The summed E-state index contributed by atoms with van der Waals surface area (Å²) in [6, 6.07) is 0.674. The molecule has 0 amide bonds. The monoisotopic (exact) mass is 257 g/mol. The predicted molar refractivity (Wildman–Crippen MR) is 75.9 cm³/mol. The van der Waals surface area contributed by atoms with Gasteiger partial charge in [-0.2, -0.15) is 0 Å². The van der Waals surface area contributed by atoms with E-state index in [4.69, 9.17) is 9.47 Å². The molecule has 108 valence electrons. The Hall–Kier alpha value is -0.120. The number of nitrogens with one attached hydrogen (secondary N) is 1. The Kier molecular flexibility index (Phi) is 8.64. The lowest BCUT2D eigenvalue weighted by Crippen LogP contribution is -2.38. The molecule has 0 aromatic heterocycles. The molecule has 0 aromatic rings. The molecule has 0 radical (unpaired) electrons. The molecule has 1 saturated carbocycles. The highest BCUT2D eigenvalue weighted by Gasteiger charge is 2.31. The molecule has 1 unspecified atom stereocenters. The van der Waals surface area contributed by atoms with Crippen LogP contribution in [0.2, 0.25) is 0 Å². The van der Waals surface area contributed by atoms with Crippen molar-refractivity contribution >= 4 is 0 Å². The maximum Gasteiger partial charge on any atom is 0.0580 e. The molecule has 0 heterocycles. The Morgan fingerprint density at radius 3 is 2.67 bits per heavy atom. The zero-order valence-electron chi connectivity index (χ0n) is 12.4. The van der Waals surface area contributed by atoms with E-state index >= 15 is 0 Å². The summed E-state index contributed by atoms with van der Waals surface area (Å²) in [5.41, 5.74) is 0. The van der Waals surface area contributed by atoms with Gasteiger partial charge in [-0.15, -0.1) is 0 Å². The molecule has 3 heteroatoms. The molecule has 0 aliphatic heterocycles. The molecule has 1 aliphatic rings. The van der Waals surface area contributed by atoms with E-state index in [0.29, 0.717) is 12.1 Å². The van der Waals surface area contributed by atoms with Crippen molar-refractivity contribution in [2.75, 3.05) is 26.9 Å². The van der Waals surface area contributed by atoms with Gasteiger partial charge in [0.25, 0.3) is 0 Å². The molecule has 0 aromatic carbocycles. The normalized spacial score (nSPS) is 24.8. The lowest BCUT2D eigenvalue weighted by Gasteiger charge is -2.37. The first-order chi connectivity index (χ1) is 8.80. The third-order valence-corrected chi connectivity index (χ3v) is 3.80. The van der Waals surface area contributed by atoms with Crippen LogP contribution in [-0.2, 0) is 9.47 Å². The van der Waals surface area contributed by atoms with Crippen LogP contribution in [0, 0.1) is 5.92 Å². The second-order valence-corrected chi connectivity index (χ2v) is 5.44. The van der Waals surface area contributed by atoms with Crippen molar-refractivity contribution in [1.29, 1.82) is 0 Å². The summed E-state index contributed by atoms with van der Waals surface area (Å²) in [6.45, 7) is 7.20. The van der Waals surface area contributed by atoms with Crippen LogP contribution in [0.25, 0.3) is 0 Å². The Morgan fingerprint density at radius 2 is 2.06 bits per heavy atom. The summed E-state index contributed by atoms with van der Waals surface area (Å²) in [5.74, 6) is 0.874. The van der Waals surface area contributed by atoms with Crippen molar-refractivity contribution in [1.82, 2.24) is 5.32 Å². The summed E-state index contributed by atoms with van der Waals surface area (Å²) < 4.78 is 10.8. The van der Waals surface area contributed by atoms with E-state index in [1.807, 2.05) is 0 Å². The van der Waals surface area contributed by atoms with Gasteiger partial charge in [-0.05, 0) is 57.9 Å². The first-order valence-electron chi connectivity index (χ1n) is 7.64. The number of hydrogen-bond donors (Lipinski definition) is 1. The van der Waals surface area contributed by atoms with Gasteiger partial charge >= 0.3 is 0 Å². The molecular formula is C15H31NO2. The van der Waals surface area contributed by atoms with Gasteiger partial charge in [0.2, 0.25) is 0 Å². The highest BCUT2D eigenvalue weighted by Crippen LogP contribution is 2.34. The second kappa shape index (κ2) is 9.76. The molecule has 0 spiro atoms. The van der Waals surface area contributed by atoms with Crippen LogP contribution in [-0.4, -0.2) is 39.0 Å². The Labute approximate surface area is 113 Å². The van der Waals surface area contributed by atoms with Crippen molar-refractivity contribution in [3.05, 3.63) is 0 Å². The Bertz CT molecular complexity index is 193. The highest BCUT2D eigenvalue weighted by molar-refractivity contribution is 4.84. The molecule has 1 fully saturated rings. The van der Waals surface area contributed by atoms with Gasteiger partial charge in [-0.25, -0.2) is 0 Å². The topological polar surface area (TPSA) is 30.5 Å². The third kappa shape index (κ3) is 6.17. The lowest BCUT2D eigenvalue weighted by atomic mass is 9.77. The first-order valence-corrected chi connectivity index (χ1v) is 7.64. The van der Waals surface area contributed by atoms with E-state index in [1.54, 1.807) is 7.11 Å². The van der Waals surface area contributed by atoms with Crippen LogP contribution in [0.5, 0.6) is 0 Å². The fourth-order valence-electron chi connectivity index (χ4n) is 2.77. The van der Waals surface area contributed by atoms with Gasteiger partial charge in [0.05, 0.1) is 6.10 Å². The SMILES string of the molecule is CCCNC(CCCOC)CC1CC(OCC)C1. The third-order valence-electron chi connectivity index (χ3n) is 3.80. The largest absolute Gasteiger partial charge is 0.385 e. The van der Waals surface area contributed by atoms with Gasteiger partial charge in [-0.1, -0.05) is 6.92 Å². The predicted octanol–water partition coefficient (Wildman–Crippen LogP) is 2.99. The minimum Gasteiger partial charge on any atom is -0.385 e. The molecule has 3 nitrogen and oxygen atoms in total. The van der Waals surface area contributed by atoms with Gasteiger partial charge in [0.15, 0.2) is 0 Å². The highest BCUT2D eigenvalue weighted by atomic mass is 16.5. The molecule has 1 atom stereocenters.